The number of aryl methyl sites for hydroxylation is 1. The molecule has 0 aliphatic carbocycles. The van der Waals surface area contributed by atoms with Crippen LogP contribution in [0.25, 0.3) is 0 Å². The van der Waals surface area contributed by atoms with E-state index in [9.17, 15) is 5.11 Å². The maximum Gasteiger partial charge on any atom is 0.120 e. The number of benzene rings is 1. The highest BCUT2D eigenvalue weighted by Gasteiger charge is 2.26. The van der Waals surface area contributed by atoms with E-state index in [0.29, 0.717) is 11.8 Å². The van der Waals surface area contributed by atoms with Crippen LogP contribution < -0.4 is 0 Å². The summed E-state index contributed by atoms with van der Waals surface area (Å²) < 4.78 is 0. The molecule has 112 valence electrons. The minimum Gasteiger partial charge on any atom is -0.508 e. The second-order valence-corrected chi connectivity index (χ2v) is 6.07. The van der Waals surface area contributed by atoms with Gasteiger partial charge in [0.15, 0.2) is 0 Å². The van der Waals surface area contributed by atoms with Crippen LogP contribution in [0.1, 0.15) is 43.9 Å². The molecule has 0 aromatic heterocycles. The molecule has 1 unspecified atom stereocenters. The molecule has 1 heterocycles. The second-order valence-electron chi connectivity index (χ2n) is 6.07. The van der Waals surface area contributed by atoms with Crippen molar-refractivity contribution in [1.82, 2.24) is 9.80 Å². The van der Waals surface area contributed by atoms with Gasteiger partial charge >= 0.3 is 0 Å². The molecule has 1 aromatic carbocycles. The van der Waals surface area contributed by atoms with Crippen LogP contribution in [0.15, 0.2) is 18.2 Å². The highest BCUT2D eigenvalue weighted by Crippen LogP contribution is 2.31. The fraction of sp³-hybridized carbons (Fsp3) is 0.647. The van der Waals surface area contributed by atoms with Crippen LogP contribution in [0.2, 0.25) is 0 Å². The van der Waals surface area contributed by atoms with E-state index in [0.717, 1.165) is 17.7 Å². The van der Waals surface area contributed by atoms with Gasteiger partial charge in [0.2, 0.25) is 0 Å². The van der Waals surface area contributed by atoms with E-state index in [1.807, 2.05) is 13.0 Å². The summed E-state index contributed by atoms with van der Waals surface area (Å²) in [4.78, 5) is 4.94. The number of piperidine rings is 1. The summed E-state index contributed by atoms with van der Waals surface area (Å²) in [5.74, 6) is 0.426. The van der Waals surface area contributed by atoms with E-state index in [-0.39, 0.29) is 6.04 Å². The first-order valence-corrected chi connectivity index (χ1v) is 7.76. The SMILES string of the molecule is CCN1CCC(N(C)C(C)c2ccc(C)cc2O)CC1. The molecule has 1 N–H and O–H groups in total. The van der Waals surface area contributed by atoms with Gasteiger partial charge in [-0.15, -0.1) is 0 Å². The fourth-order valence-electron chi connectivity index (χ4n) is 3.19. The Kier molecular flexibility index (Phi) is 5.06. The molecule has 0 saturated carbocycles. The maximum atomic E-state index is 10.2. The third-order valence-electron chi connectivity index (χ3n) is 4.83. The summed E-state index contributed by atoms with van der Waals surface area (Å²) in [5, 5.41) is 10.2. The van der Waals surface area contributed by atoms with Gasteiger partial charge in [-0.2, -0.15) is 0 Å². The number of nitrogens with zero attached hydrogens (tertiary/aromatic N) is 2. The molecule has 0 spiro atoms. The van der Waals surface area contributed by atoms with Crippen LogP contribution in [0.5, 0.6) is 5.75 Å². The molecule has 1 fully saturated rings. The fourth-order valence-corrected chi connectivity index (χ4v) is 3.19. The van der Waals surface area contributed by atoms with Crippen molar-refractivity contribution in [3.05, 3.63) is 29.3 Å². The van der Waals surface area contributed by atoms with Crippen molar-refractivity contribution in [2.45, 2.75) is 45.7 Å². The lowest BCUT2D eigenvalue weighted by atomic mass is 9.98. The quantitative estimate of drug-likeness (QED) is 0.915. The normalized spacial score (nSPS) is 19.4. The number of aromatic hydroxyl groups is 1. The van der Waals surface area contributed by atoms with Gasteiger partial charge in [0.25, 0.3) is 0 Å². The van der Waals surface area contributed by atoms with E-state index < -0.39 is 0 Å². The van der Waals surface area contributed by atoms with Gasteiger partial charge in [-0.3, -0.25) is 4.90 Å². The van der Waals surface area contributed by atoms with Crippen LogP contribution in [0.4, 0.5) is 0 Å². The summed E-state index contributed by atoms with van der Waals surface area (Å²) >= 11 is 0. The summed E-state index contributed by atoms with van der Waals surface area (Å²) in [5.41, 5.74) is 2.15. The Morgan fingerprint density at radius 3 is 2.55 bits per heavy atom. The molecule has 1 aromatic rings. The summed E-state index contributed by atoms with van der Waals surface area (Å²) in [6.45, 7) is 9.98. The van der Waals surface area contributed by atoms with Crippen LogP contribution >= 0.6 is 0 Å². The lowest BCUT2D eigenvalue weighted by Gasteiger charge is -2.39. The molecule has 1 aliphatic rings. The molecule has 0 radical (unpaired) electrons. The minimum atomic E-state index is 0.258. The Morgan fingerprint density at radius 2 is 2.00 bits per heavy atom. The molecule has 2 rings (SSSR count). The number of hydrogen-bond donors (Lipinski definition) is 1. The van der Waals surface area contributed by atoms with Gasteiger partial charge in [0, 0.05) is 17.6 Å². The highest BCUT2D eigenvalue weighted by atomic mass is 16.3. The smallest absolute Gasteiger partial charge is 0.120 e. The molecule has 1 aliphatic heterocycles. The van der Waals surface area contributed by atoms with Gasteiger partial charge in [-0.25, -0.2) is 0 Å². The number of hydrogen-bond acceptors (Lipinski definition) is 3. The monoisotopic (exact) mass is 276 g/mol. The Labute approximate surface area is 123 Å². The van der Waals surface area contributed by atoms with Crippen LogP contribution in [-0.2, 0) is 0 Å². The van der Waals surface area contributed by atoms with E-state index >= 15 is 0 Å². The molecule has 3 nitrogen and oxygen atoms in total. The zero-order valence-electron chi connectivity index (χ0n) is 13.3. The van der Waals surface area contributed by atoms with E-state index in [1.54, 1.807) is 0 Å². The molecule has 1 saturated heterocycles. The van der Waals surface area contributed by atoms with Crippen molar-refractivity contribution in [1.29, 1.82) is 0 Å². The number of phenols is 1. The zero-order valence-corrected chi connectivity index (χ0v) is 13.3. The van der Waals surface area contributed by atoms with E-state index in [4.69, 9.17) is 0 Å². The highest BCUT2D eigenvalue weighted by molar-refractivity contribution is 5.37. The molecule has 3 heteroatoms. The largest absolute Gasteiger partial charge is 0.508 e. The molecule has 20 heavy (non-hydrogen) atoms. The summed E-state index contributed by atoms with van der Waals surface area (Å²) in [7, 11) is 2.19. The van der Waals surface area contributed by atoms with Crippen LogP contribution in [0, 0.1) is 6.92 Å². The number of likely N-dealkylation sites (tertiary alicyclic amines) is 1. The number of rotatable bonds is 4. The van der Waals surface area contributed by atoms with Gasteiger partial charge in [-0.05, 0) is 65.0 Å². The predicted octanol–water partition coefficient (Wildman–Crippen LogP) is 3.18. The van der Waals surface area contributed by atoms with Crippen LogP contribution in [-0.4, -0.2) is 47.6 Å². The Morgan fingerprint density at radius 1 is 1.35 bits per heavy atom. The molecular weight excluding hydrogens is 248 g/mol. The van der Waals surface area contributed by atoms with Crippen molar-refractivity contribution in [3.63, 3.8) is 0 Å². The average Bonchev–Trinajstić information content (AvgIpc) is 2.46. The van der Waals surface area contributed by atoms with E-state index in [1.165, 1.54) is 25.9 Å². The first-order valence-electron chi connectivity index (χ1n) is 7.76. The van der Waals surface area contributed by atoms with Crippen molar-refractivity contribution < 1.29 is 5.11 Å². The van der Waals surface area contributed by atoms with Crippen molar-refractivity contribution >= 4 is 0 Å². The minimum absolute atomic E-state index is 0.258. The maximum absolute atomic E-state index is 10.2. The molecule has 0 amide bonds. The van der Waals surface area contributed by atoms with Gasteiger partial charge < -0.3 is 10.0 Å². The molecular formula is C17H28N2O. The topological polar surface area (TPSA) is 26.7 Å². The molecule has 1 atom stereocenters. The zero-order chi connectivity index (χ0) is 14.7. The number of phenolic OH excluding ortho intramolecular Hbond substituents is 1. The Balaban J connectivity index is 2.03. The standard InChI is InChI=1S/C17H28N2O/c1-5-19-10-8-15(9-11-19)18(4)14(3)16-7-6-13(2)12-17(16)20/h6-7,12,14-15,20H,5,8-11H2,1-4H3. The first kappa shape index (κ1) is 15.3. The first-order chi connectivity index (χ1) is 9.52. The summed E-state index contributed by atoms with van der Waals surface area (Å²) in [6.07, 6.45) is 2.45. The lowest BCUT2D eigenvalue weighted by Crippen LogP contribution is -2.44. The second kappa shape index (κ2) is 6.59. The Hall–Kier alpha value is -1.06. The van der Waals surface area contributed by atoms with Gasteiger partial charge in [0.05, 0.1) is 0 Å². The Bertz CT molecular complexity index is 439. The third kappa shape index (κ3) is 3.33. The predicted molar refractivity (Wildman–Crippen MR) is 84.2 cm³/mol. The summed E-state index contributed by atoms with van der Waals surface area (Å²) in [6, 6.07) is 6.88. The van der Waals surface area contributed by atoms with Gasteiger partial charge in [0.1, 0.15) is 5.75 Å². The third-order valence-corrected chi connectivity index (χ3v) is 4.83. The molecule has 0 bridgehead atoms. The lowest BCUT2D eigenvalue weighted by molar-refractivity contribution is 0.103. The van der Waals surface area contributed by atoms with Crippen LogP contribution in [0.3, 0.4) is 0 Å². The average molecular weight is 276 g/mol. The van der Waals surface area contributed by atoms with Crippen molar-refractivity contribution in [3.8, 4) is 5.75 Å². The van der Waals surface area contributed by atoms with Gasteiger partial charge in [-0.1, -0.05) is 19.1 Å². The van der Waals surface area contributed by atoms with Crippen molar-refractivity contribution in [2.24, 2.45) is 0 Å². The van der Waals surface area contributed by atoms with E-state index in [2.05, 4.69) is 42.8 Å². The van der Waals surface area contributed by atoms with Crippen molar-refractivity contribution in [2.75, 3.05) is 26.7 Å².